The fourth-order valence-corrected chi connectivity index (χ4v) is 2.27. The standard InChI is InChI=1S/C13H11Cl2NO/c1-8-5-9(7-16-6-8)13(17)12-10(14)3-2-4-11(12)15/h2-7,13,17H,1H3. The number of aromatic nitrogens is 1. The van der Waals surface area contributed by atoms with Gasteiger partial charge in [0.15, 0.2) is 0 Å². The summed E-state index contributed by atoms with van der Waals surface area (Å²) < 4.78 is 0. The van der Waals surface area contributed by atoms with Crippen molar-refractivity contribution in [1.82, 2.24) is 4.98 Å². The van der Waals surface area contributed by atoms with Gasteiger partial charge < -0.3 is 5.11 Å². The molecular weight excluding hydrogens is 257 g/mol. The zero-order valence-corrected chi connectivity index (χ0v) is 10.7. The van der Waals surface area contributed by atoms with E-state index in [0.29, 0.717) is 21.2 Å². The number of aliphatic hydroxyl groups is 1. The lowest BCUT2D eigenvalue weighted by Crippen LogP contribution is -2.02. The molecule has 0 amide bonds. The van der Waals surface area contributed by atoms with Gasteiger partial charge in [0, 0.05) is 33.6 Å². The van der Waals surface area contributed by atoms with Crippen molar-refractivity contribution in [1.29, 1.82) is 0 Å². The molecule has 1 atom stereocenters. The molecule has 0 aliphatic carbocycles. The van der Waals surface area contributed by atoms with Gasteiger partial charge in [0.2, 0.25) is 0 Å². The Morgan fingerprint density at radius 1 is 1.18 bits per heavy atom. The Hall–Kier alpha value is -1.09. The first-order valence-corrected chi connectivity index (χ1v) is 5.88. The molecule has 0 aliphatic rings. The third-order valence-corrected chi connectivity index (χ3v) is 3.14. The van der Waals surface area contributed by atoms with Crippen LogP contribution in [0.15, 0.2) is 36.7 Å². The van der Waals surface area contributed by atoms with E-state index in [1.807, 2.05) is 13.0 Å². The molecule has 0 radical (unpaired) electrons. The highest BCUT2D eigenvalue weighted by atomic mass is 35.5. The van der Waals surface area contributed by atoms with Gasteiger partial charge in [0.25, 0.3) is 0 Å². The number of aliphatic hydroxyl groups excluding tert-OH is 1. The molecule has 2 rings (SSSR count). The van der Waals surface area contributed by atoms with Crippen LogP contribution in [0.2, 0.25) is 10.0 Å². The molecule has 2 aromatic rings. The normalized spacial score (nSPS) is 12.5. The first kappa shape index (κ1) is 12.4. The lowest BCUT2D eigenvalue weighted by atomic mass is 10.0. The van der Waals surface area contributed by atoms with Crippen molar-refractivity contribution in [2.24, 2.45) is 0 Å². The van der Waals surface area contributed by atoms with Crippen LogP contribution in [-0.2, 0) is 0 Å². The van der Waals surface area contributed by atoms with E-state index in [-0.39, 0.29) is 0 Å². The topological polar surface area (TPSA) is 33.1 Å². The summed E-state index contributed by atoms with van der Waals surface area (Å²) in [7, 11) is 0. The van der Waals surface area contributed by atoms with Crippen LogP contribution in [-0.4, -0.2) is 10.1 Å². The lowest BCUT2D eigenvalue weighted by Gasteiger charge is -2.14. The van der Waals surface area contributed by atoms with Crippen molar-refractivity contribution in [3.05, 3.63) is 63.4 Å². The summed E-state index contributed by atoms with van der Waals surface area (Å²) in [6.07, 6.45) is 2.48. The summed E-state index contributed by atoms with van der Waals surface area (Å²) >= 11 is 12.1. The average Bonchev–Trinajstić information content (AvgIpc) is 2.28. The predicted molar refractivity (Wildman–Crippen MR) is 69.5 cm³/mol. The largest absolute Gasteiger partial charge is 0.383 e. The summed E-state index contributed by atoms with van der Waals surface area (Å²) in [4.78, 5) is 4.04. The number of nitrogens with zero attached hydrogens (tertiary/aromatic N) is 1. The summed E-state index contributed by atoms with van der Waals surface area (Å²) in [6, 6.07) is 7.01. The van der Waals surface area contributed by atoms with Crippen LogP contribution < -0.4 is 0 Å². The van der Waals surface area contributed by atoms with E-state index in [2.05, 4.69) is 4.98 Å². The zero-order chi connectivity index (χ0) is 12.4. The molecule has 1 aromatic heterocycles. The van der Waals surface area contributed by atoms with Gasteiger partial charge in [-0.05, 0) is 24.6 Å². The molecule has 1 N–H and O–H groups in total. The maximum absolute atomic E-state index is 10.3. The van der Waals surface area contributed by atoms with Gasteiger partial charge in [0.1, 0.15) is 6.10 Å². The molecule has 88 valence electrons. The zero-order valence-electron chi connectivity index (χ0n) is 9.19. The molecule has 4 heteroatoms. The summed E-state index contributed by atoms with van der Waals surface area (Å²) in [6.45, 7) is 1.91. The maximum atomic E-state index is 10.3. The van der Waals surface area contributed by atoms with Crippen LogP contribution in [0, 0.1) is 6.92 Å². The van der Waals surface area contributed by atoms with Gasteiger partial charge in [0.05, 0.1) is 0 Å². The smallest absolute Gasteiger partial charge is 0.108 e. The monoisotopic (exact) mass is 267 g/mol. The van der Waals surface area contributed by atoms with Gasteiger partial charge in [-0.25, -0.2) is 0 Å². The average molecular weight is 268 g/mol. The number of aryl methyl sites for hydroxylation is 1. The third kappa shape index (κ3) is 2.60. The highest BCUT2D eigenvalue weighted by molar-refractivity contribution is 6.36. The van der Waals surface area contributed by atoms with E-state index in [9.17, 15) is 5.11 Å². The fraction of sp³-hybridized carbons (Fsp3) is 0.154. The molecule has 2 nitrogen and oxygen atoms in total. The van der Waals surface area contributed by atoms with Crippen molar-refractivity contribution in [2.45, 2.75) is 13.0 Å². The number of hydrogen-bond acceptors (Lipinski definition) is 2. The Kier molecular flexibility index (Phi) is 3.67. The predicted octanol–water partition coefficient (Wildman–Crippen LogP) is 3.78. The molecule has 0 fully saturated rings. The quantitative estimate of drug-likeness (QED) is 0.899. The van der Waals surface area contributed by atoms with E-state index in [0.717, 1.165) is 5.56 Å². The fourth-order valence-electron chi connectivity index (χ4n) is 1.67. The van der Waals surface area contributed by atoms with Crippen LogP contribution in [0.3, 0.4) is 0 Å². The van der Waals surface area contributed by atoms with Crippen LogP contribution in [0.4, 0.5) is 0 Å². The number of halogens is 2. The number of hydrogen-bond donors (Lipinski definition) is 1. The van der Waals surface area contributed by atoms with Crippen LogP contribution in [0.1, 0.15) is 22.8 Å². The van der Waals surface area contributed by atoms with Crippen LogP contribution in [0.25, 0.3) is 0 Å². The molecule has 1 heterocycles. The van der Waals surface area contributed by atoms with Crippen LogP contribution >= 0.6 is 23.2 Å². The van der Waals surface area contributed by atoms with Crippen molar-refractivity contribution in [3.8, 4) is 0 Å². The third-order valence-electron chi connectivity index (χ3n) is 2.48. The van der Waals surface area contributed by atoms with Crippen molar-refractivity contribution < 1.29 is 5.11 Å². The minimum absolute atomic E-state index is 0.450. The summed E-state index contributed by atoms with van der Waals surface area (Å²) in [5, 5.41) is 11.2. The number of benzene rings is 1. The molecule has 0 saturated heterocycles. The van der Waals surface area contributed by atoms with Crippen LogP contribution in [0.5, 0.6) is 0 Å². The first-order chi connectivity index (χ1) is 8.09. The Morgan fingerprint density at radius 3 is 2.41 bits per heavy atom. The number of rotatable bonds is 2. The minimum Gasteiger partial charge on any atom is -0.383 e. The number of pyridine rings is 1. The molecule has 0 bridgehead atoms. The SMILES string of the molecule is Cc1cncc(C(O)c2c(Cl)cccc2Cl)c1. The molecular formula is C13H11Cl2NO. The maximum Gasteiger partial charge on any atom is 0.108 e. The van der Waals surface area contributed by atoms with Gasteiger partial charge in [-0.15, -0.1) is 0 Å². The highest BCUT2D eigenvalue weighted by Crippen LogP contribution is 2.33. The van der Waals surface area contributed by atoms with E-state index >= 15 is 0 Å². The Labute approximate surface area is 110 Å². The van der Waals surface area contributed by atoms with Gasteiger partial charge in [-0.1, -0.05) is 35.3 Å². The summed E-state index contributed by atoms with van der Waals surface area (Å²) in [5.74, 6) is 0. The van der Waals surface area contributed by atoms with Crippen molar-refractivity contribution in [3.63, 3.8) is 0 Å². The second-order valence-corrected chi connectivity index (χ2v) is 4.65. The highest BCUT2D eigenvalue weighted by Gasteiger charge is 2.17. The second kappa shape index (κ2) is 5.05. The molecule has 1 unspecified atom stereocenters. The second-order valence-electron chi connectivity index (χ2n) is 3.83. The first-order valence-electron chi connectivity index (χ1n) is 5.13. The molecule has 17 heavy (non-hydrogen) atoms. The van der Waals surface area contributed by atoms with E-state index in [4.69, 9.17) is 23.2 Å². The Bertz CT molecular complexity index is 522. The Morgan fingerprint density at radius 2 is 1.82 bits per heavy atom. The summed E-state index contributed by atoms with van der Waals surface area (Å²) in [5.41, 5.74) is 2.17. The molecule has 0 saturated carbocycles. The molecule has 0 spiro atoms. The Balaban J connectivity index is 2.47. The van der Waals surface area contributed by atoms with Gasteiger partial charge >= 0.3 is 0 Å². The van der Waals surface area contributed by atoms with E-state index in [1.54, 1.807) is 30.6 Å². The minimum atomic E-state index is -0.858. The van der Waals surface area contributed by atoms with Crippen molar-refractivity contribution >= 4 is 23.2 Å². The van der Waals surface area contributed by atoms with Gasteiger partial charge in [-0.3, -0.25) is 4.98 Å². The van der Waals surface area contributed by atoms with E-state index in [1.165, 1.54) is 0 Å². The molecule has 1 aromatic carbocycles. The van der Waals surface area contributed by atoms with Gasteiger partial charge in [-0.2, -0.15) is 0 Å². The molecule has 0 aliphatic heterocycles. The lowest BCUT2D eigenvalue weighted by molar-refractivity contribution is 0.220. The van der Waals surface area contributed by atoms with E-state index < -0.39 is 6.10 Å². The van der Waals surface area contributed by atoms with Crippen molar-refractivity contribution in [2.75, 3.05) is 0 Å².